The topological polar surface area (TPSA) is 58.4 Å². The van der Waals surface area contributed by atoms with Gasteiger partial charge in [-0.25, -0.2) is 0 Å². The third-order valence-corrected chi connectivity index (χ3v) is 4.95. The number of hydrogen-bond acceptors (Lipinski definition) is 4. The third-order valence-electron chi connectivity index (χ3n) is 3.76. The Morgan fingerprint density at radius 2 is 2.20 bits per heavy atom. The zero-order valence-electron chi connectivity index (χ0n) is 11.6. The minimum absolute atomic E-state index is 0.0621. The summed E-state index contributed by atoms with van der Waals surface area (Å²) in [6, 6.07) is 8.58. The van der Waals surface area contributed by atoms with Gasteiger partial charge in [0.1, 0.15) is 4.88 Å². The second-order valence-electron chi connectivity index (χ2n) is 5.31. The van der Waals surface area contributed by atoms with Gasteiger partial charge in [0.25, 0.3) is 5.91 Å². The largest absolute Gasteiger partial charge is 0.397 e. The summed E-state index contributed by atoms with van der Waals surface area (Å²) in [5, 5.41) is 3.93. The second kappa shape index (κ2) is 5.42. The number of fused-ring (bicyclic) bond motifs is 1. The summed E-state index contributed by atoms with van der Waals surface area (Å²) in [4.78, 5) is 15.1. The van der Waals surface area contributed by atoms with E-state index in [1.54, 1.807) is 0 Å². The number of carbonyl (C=O) groups is 1. The molecule has 0 bridgehead atoms. The van der Waals surface area contributed by atoms with Gasteiger partial charge in [0.15, 0.2) is 0 Å². The van der Waals surface area contributed by atoms with Gasteiger partial charge >= 0.3 is 0 Å². The van der Waals surface area contributed by atoms with Gasteiger partial charge in [-0.2, -0.15) is 0 Å². The predicted octanol–water partition coefficient (Wildman–Crippen LogP) is 2.31. The highest BCUT2D eigenvalue weighted by Crippen LogP contribution is 2.33. The van der Waals surface area contributed by atoms with E-state index in [-0.39, 0.29) is 5.91 Å². The Labute approximate surface area is 122 Å². The van der Waals surface area contributed by atoms with Crippen molar-refractivity contribution in [2.45, 2.75) is 18.9 Å². The maximum atomic E-state index is 12.2. The molecule has 0 spiro atoms. The van der Waals surface area contributed by atoms with Gasteiger partial charge in [-0.3, -0.25) is 4.79 Å². The summed E-state index contributed by atoms with van der Waals surface area (Å²) in [5.41, 5.74) is 6.66. The van der Waals surface area contributed by atoms with E-state index >= 15 is 0 Å². The van der Waals surface area contributed by atoms with E-state index in [2.05, 4.69) is 17.3 Å². The van der Waals surface area contributed by atoms with Gasteiger partial charge in [0.2, 0.25) is 0 Å². The first-order valence-electron chi connectivity index (χ1n) is 6.92. The first-order valence-corrected chi connectivity index (χ1v) is 7.74. The van der Waals surface area contributed by atoms with Crippen molar-refractivity contribution in [2.75, 3.05) is 25.9 Å². The molecule has 1 amide bonds. The molecular weight excluding hydrogens is 270 g/mol. The van der Waals surface area contributed by atoms with Gasteiger partial charge in [-0.1, -0.05) is 18.2 Å². The minimum atomic E-state index is -0.0621. The fraction of sp³-hybridized carbons (Fsp3) is 0.400. The van der Waals surface area contributed by atoms with Crippen LogP contribution < -0.4 is 11.1 Å². The summed E-state index contributed by atoms with van der Waals surface area (Å²) in [7, 11) is 2.11. The molecule has 106 valence electrons. The molecule has 20 heavy (non-hydrogen) atoms. The number of hydrogen-bond donors (Lipinski definition) is 2. The van der Waals surface area contributed by atoms with Crippen LogP contribution in [-0.2, 0) is 0 Å². The Kier molecular flexibility index (Phi) is 3.63. The van der Waals surface area contributed by atoms with Crippen LogP contribution >= 0.6 is 11.3 Å². The van der Waals surface area contributed by atoms with Crippen molar-refractivity contribution in [2.24, 2.45) is 0 Å². The van der Waals surface area contributed by atoms with E-state index < -0.39 is 0 Å². The highest BCUT2D eigenvalue weighted by atomic mass is 32.1. The minimum Gasteiger partial charge on any atom is -0.397 e. The molecule has 1 aliphatic carbocycles. The van der Waals surface area contributed by atoms with Crippen LogP contribution in [0.25, 0.3) is 10.1 Å². The zero-order chi connectivity index (χ0) is 14.1. The van der Waals surface area contributed by atoms with Crippen LogP contribution in [0.2, 0.25) is 0 Å². The van der Waals surface area contributed by atoms with Crippen LogP contribution in [0.5, 0.6) is 0 Å². The molecule has 1 fully saturated rings. The SMILES string of the molecule is CN(CCNC(=O)c1sc2ccccc2c1N)C1CC1. The lowest BCUT2D eigenvalue weighted by atomic mass is 10.2. The Bertz CT molecular complexity index is 633. The zero-order valence-corrected chi connectivity index (χ0v) is 12.4. The lowest BCUT2D eigenvalue weighted by molar-refractivity contribution is 0.0954. The van der Waals surface area contributed by atoms with Gasteiger partial charge in [-0.05, 0) is 26.0 Å². The van der Waals surface area contributed by atoms with E-state index in [0.717, 1.165) is 22.7 Å². The maximum absolute atomic E-state index is 12.2. The molecule has 0 unspecified atom stereocenters. The van der Waals surface area contributed by atoms with Crippen molar-refractivity contribution in [3.05, 3.63) is 29.1 Å². The molecule has 4 nitrogen and oxygen atoms in total. The quantitative estimate of drug-likeness (QED) is 0.888. The van der Waals surface area contributed by atoms with E-state index in [1.165, 1.54) is 24.2 Å². The van der Waals surface area contributed by atoms with Crippen LogP contribution in [0.1, 0.15) is 22.5 Å². The molecule has 1 saturated carbocycles. The number of amides is 1. The van der Waals surface area contributed by atoms with Gasteiger partial charge in [0, 0.05) is 29.2 Å². The van der Waals surface area contributed by atoms with Crippen LogP contribution in [0, 0.1) is 0 Å². The Morgan fingerprint density at radius 3 is 2.90 bits per heavy atom. The summed E-state index contributed by atoms with van der Waals surface area (Å²) >= 11 is 1.46. The van der Waals surface area contributed by atoms with Gasteiger partial charge < -0.3 is 16.0 Å². The summed E-state index contributed by atoms with van der Waals surface area (Å²) in [5.74, 6) is -0.0621. The van der Waals surface area contributed by atoms with Crippen molar-refractivity contribution in [1.82, 2.24) is 10.2 Å². The lowest BCUT2D eigenvalue weighted by Crippen LogP contribution is -2.33. The number of benzene rings is 1. The van der Waals surface area contributed by atoms with E-state index in [9.17, 15) is 4.79 Å². The first kappa shape index (κ1) is 13.4. The first-order chi connectivity index (χ1) is 9.66. The molecule has 0 aliphatic heterocycles. The molecule has 1 aliphatic rings. The van der Waals surface area contributed by atoms with E-state index in [0.29, 0.717) is 17.1 Å². The standard InChI is InChI=1S/C15H19N3OS/c1-18(10-6-7-10)9-8-17-15(19)14-13(16)11-4-2-3-5-12(11)20-14/h2-5,10H,6-9,16H2,1H3,(H,17,19). The van der Waals surface area contributed by atoms with Gasteiger partial charge in [-0.15, -0.1) is 11.3 Å². The smallest absolute Gasteiger partial charge is 0.263 e. The van der Waals surface area contributed by atoms with Gasteiger partial charge in [0.05, 0.1) is 5.69 Å². The van der Waals surface area contributed by atoms with Crippen LogP contribution in [0.15, 0.2) is 24.3 Å². The molecule has 1 heterocycles. The number of thiophene rings is 1. The molecule has 0 atom stereocenters. The van der Waals surface area contributed by atoms with Crippen molar-refractivity contribution in [3.63, 3.8) is 0 Å². The predicted molar refractivity (Wildman–Crippen MR) is 84.2 cm³/mol. The Hall–Kier alpha value is -1.59. The van der Waals surface area contributed by atoms with Crippen LogP contribution in [0.3, 0.4) is 0 Å². The molecule has 0 radical (unpaired) electrons. The fourth-order valence-electron chi connectivity index (χ4n) is 2.36. The fourth-order valence-corrected chi connectivity index (χ4v) is 3.40. The van der Waals surface area contributed by atoms with E-state index in [1.807, 2.05) is 24.3 Å². The summed E-state index contributed by atoms with van der Waals surface area (Å²) < 4.78 is 1.06. The number of likely N-dealkylation sites (N-methyl/N-ethyl adjacent to an activating group) is 1. The number of nitrogens with two attached hydrogens (primary N) is 1. The highest BCUT2D eigenvalue weighted by Gasteiger charge is 2.25. The van der Waals surface area contributed by atoms with Crippen LogP contribution in [0.4, 0.5) is 5.69 Å². The Balaban J connectivity index is 1.64. The maximum Gasteiger partial charge on any atom is 0.263 e. The van der Waals surface area contributed by atoms with Crippen LogP contribution in [-0.4, -0.2) is 37.0 Å². The molecule has 1 aromatic carbocycles. The molecule has 1 aromatic heterocycles. The average molecular weight is 289 g/mol. The normalized spacial score (nSPS) is 14.9. The van der Waals surface area contributed by atoms with Crippen molar-refractivity contribution in [3.8, 4) is 0 Å². The average Bonchev–Trinajstić information content (AvgIpc) is 3.24. The number of rotatable bonds is 5. The summed E-state index contributed by atoms with van der Waals surface area (Å²) in [6.07, 6.45) is 2.57. The lowest BCUT2D eigenvalue weighted by Gasteiger charge is -2.15. The molecule has 0 saturated heterocycles. The number of nitrogens with one attached hydrogen (secondary N) is 1. The molecular formula is C15H19N3OS. The molecule has 5 heteroatoms. The van der Waals surface area contributed by atoms with E-state index in [4.69, 9.17) is 5.73 Å². The molecule has 3 N–H and O–H groups in total. The Morgan fingerprint density at radius 1 is 1.45 bits per heavy atom. The molecule has 3 rings (SSSR count). The number of nitrogen functional groups attached to an aromatic ring is 1. The summed E-state index contributed by atoms with van der Waals surface area (Å²) in [6.45, 7) is 1.56. The number of nitrogens with zero attached hydrogens (tertiary/aromatic N) is 1. The molecule has 2 aromatic rings. The third kappa shape index (κ3) is 2.64. The van der Waals surface area contributed by atoms with Crippen molar-refractivity contribution >= 4 is 33.0 Å². The van der Waals surface area contributed by atoms with Crippen molar-refractivity contribution in [1.29, 1.82) is 0 Å². The second-order valence-corrected chi connectivity index (χ2v) is 6.36. The van der Waals surface area contributed by atoms with Crippen molar-refractivity contribution < 1.29 is 4.79 Å². The number of anilines is 1. The monoisotopic (exact) mass is 289 g/mol. The number of carbonyl (C=O) groups excluding carboxylic acids is 1. The highest BCUT2D eigenvalue weighted by molar-refractivity contribution is 7.21.